The van der Waals surface area contributed by atoms with E-state index in [9.17, 15) is 13.2 Å². The van der Waals surface area contributed by atoms with Crippen molar-refractivity contribution in [1.82, 2.24) is 4.98 Å². The molecule has 1 saturated heterocycles. The van der Waals surface area contributed by atoms with Crippen molar-refractivity contribution in [3.8, 4) is 5.75 Å². The van der Waals surface area contributed by atoms with E-state index in [0.717, 1.165) is 37.4 Å². The Kier molecular flexibility index (Phi) is 6.07. The molecule has 31 heavy (non-hydrogen) atoms. The highest BCUT2D eigenvalue weighted by Gasteiger charge is 2.47. The molecule has 1 aromatic heterocycles. The van der Waals surface area contributed by atoms with Crippen LogP contribution in [0, 0.1) is 5.92 Å². The topological polar surface area (TPSA) is 41.0 Å². The van der Waals surface area contributed by atoms with E-state index in [1.54, 1.807) is 25.3 Å². The van der Waals surface area contributed by atoms with E-state index in [1.807, 2.05) is 31.3 Å². The second kappa shape index (κ2) is 8.77. The molecule has 1 unspecified atom stereocenters. The van der Waals surface area contributed by atoms with Gasteiger partial charge in [0, 0.05) is 38.0 Å². The average molecular weight is 432 g/mol. The minimum absolute atomic E-state index is 0.115. The zero-order valence-electron chi connectivity index (χ0n) is 17.7. The second-order valence-electron chi connectivity index (χ2n) is 8.10. The third-order valence-electron chi connectivity index (χ3n) is 6.10. The van der Waals surface area contributed by atoms with Gasteiger partial charge in [-0.3, -0.25) is 9.99 Å². The molecule has 1 aromatic carbocycles. The van der Waals surface area contributed by atoms with Gasteiger partial charge in [0.15, 0.2) is 0 Å². The molecular weight excluding hydrogens is 405 g/mol. The second-order valence-corrected chi connectivity index (χ2v) is 8.10. The number of rotatable bonds is 5. The maximum atomic E-state index is 13.3. The van der Waals surface area contributed by atoms with E-state index >= 15 is 0 Å². The molecule has 2 aliphatic rings. The van der Waals surface area contributed by atoms with Gasteiger partial charge in [-0.1, -0.05) is 13.8 Å². The number of hydrazone groups is 1. The van der Waals surface area contributed by atoms with Gasteiger partial charge in [0.05, 0.1) is 23.6 Å². The van der Waals surface area contributed by atoms with Crippen molar-refractivity contribution >= 4 is 17.1 Å². The molecule has 2 aromatic rings. The number of alkyl halides is 3. The summed E-state index contributed by atoms with van der Waals surface area (Å²) in [5, 5.41) is 5.42. The average Bonchev–Trinajstić information content (AvgIpc) is 3.12. The number of aromatic nitrogens is 1. The first-order valence-corrected chi connectivity index (χ1v) is 10.7. The molecule has 0 N–H and O–H groups in total. The van der Waals surface area contributed by atoms with Gasteiger partial charge in [-0.05, 0) is 42.8 Å². The van der Waals surface area contributed by atoms with E-state index in [4.69, 9.17) is 4.74 Å². The van der Waals surface area contributed by atoms with Crippen molar-refractivity contribution in [1.29, 1.82) is 0 Å². The summed E-state index contributed by atoms with van der Waals surface area (Å²) in [6.45, 7) is 5.27. The van der Waals surface area contributed by atoms with Crippen molar-refractivity contribution in [3.63, 3.8) is 0 Å². The number of hydrogen-bond acceptors (Lipinski definition) is 5. The first-order chi connectivity index (χ1) is 14.9. The first-order valence-electron chi connectivity index (χ1n) is 10.7. The van der Waals surface area contributed by atoms with Crippen LogP contribution in [0.15, 0.2) is 53.9 Å². The van der Waals surface area contributed by atoms with Crippen LogP contribution in [0.2, 0.25) is 0 Å². The number of ether oxygens (including phenoxy) is 1. The third-order valence-corrected chi connectivity index (χ3v) is 6.10. The summed E-state index contributed by atoms with van der Waals surface area (Å²) in [7, 11) is 0. The van der Waals surface area contributed by atoms with Gasteiger partial charge in [-0.2, -0.15) is 18.3 Å². The number of pyridine rings is 1. The monoisotopic (exact) mass is 432 g/mol. The molecule has 0 aliphatic carbocycles. The minimum Gasteiger partial charge on any atom is -0.490 e. The smallest absolute Gasteiger partial charge is 0.431 e. The molecule has 166 valence electrons. The molecule has 0 bridgehead atoms. The molecular formula is C23H27F3N4O. The fourth-order valence-electron chi connectivity index (χ4n) is 4.41. The predicted molar refractivity (Wildman–Crippen MR) is 116 cm³/mol. The van der Waals surface area contributed by atoms with Crippen molar-refractivity contribution in [2.75, 3.05) is 23.0 Å². The summed E-state index contributed by atoms with van der Waals surface area (Å²) in [5.74, 6) is 0.0646. The molecule has 8 heteroatoms. The lowest BCUT2D eigenvalue weighted by molar-refractivity contribution is -0.0620. The van der Waals surface area contributed by atoms with Crippen molar-refractivity contribution < 1.29 is 17.9 Å². The Morgan fingerprint density at radius 2 is 1.77 bits per heavy atom. The number of nitrogens with zero attached hydrogens (tertiary/aromatic N) is 4. The number of anilines is 2. The normalized spacial score (nSPS) is 22.5. The number of benzene rings is 1. The lowest BCUT2D eigenvalue weighted by atomic mass is 9.95. The van der Waals surface area contributed by atoms with Gasteiger partial charge in [0.2, 0.25) is 0 Å². The zero-order valence-corrected chi connectivity index (χ0v) is 17.7. The molecule has 4 rings (SSSR count). The number of halogens is 3. The maximum Gasteiger partial charge on any atom is 0.431 e. The van der Waals surface area contributed by atoms with Crippen LogP contribution < -0.4 is 14.6 Å². The van der Waals surface area contributed by atoms with Gasteiger partial charge in [-0.25, -0.2) is 0 Å². The fraction of sp³-hybridized carbons (Fsp3) is 0.478. The number of piperidine rings is 1. The summed E-state index contributed by atoms with van der Waals surface area (Å²) in [5.41, 5.74) is 1.06. The van der Waals surface area contributed by atoms with E-state index < -0.39 is 17.8 Å². The van der Waals surface area contributed by atoms with Crippen LogP contribution in [0.5, 0.6) is 5.75 Å². The predicted octanol–water partition coefficient (Wildman–Crippen LogP) is 5.28. The highest BCUT2D eigenvalue weighted by Crippen LogP contribution is 2.36. The summed E-state index contributed by atoms with van der Waals surface area (Å²) in [6.07, 6.45) is 1.73. The Morgan fingerprint density at radius 1 is 1.06 bits per heavy atom. The maximum absolute atomic E-state index is 13.3. The van der Waals surface area contributed by atoms with E-state index in [0.29, 0.717) is 12.1 Å². The molecule has 0 amide bonds. The molecule has 0 saturated carbocycles. The molecule has 0 radical (unpaired) electrons. The van der Waals surface area contributed by atoms with Crippen LogP contribution in [-0.4, -0.2) is 42.1 Å². The van der Waals surface area contributed by atoms with Crippen LogP contribution >= 0.6 is 0 Å². The van der Waals surface area contributed by atoms with Gasteiger partial charge in [-0.15, -0.1) is 0 Å². The SMILES string of the molecule is CC[C@H]1C(C)C(C(F)(F)F)=NN1c1ccc(OC2CCN(c3cccnc3)CC2)cc1. The van der Waals surface area contributed by atoms with Crippen LogP contribution in [0.1, 0.15) is 33.1 Å². The Bertz CT molecular complexity index is 893. The third kappa shape index (κ3) is 4.62. The highest BCUT2D eigenvalue weighted by atomic mass is 19.4. The summed E-state index contributed by atoms with van der Waals surface area (Å²) in [4.78, 5) is 6.47. The lowest BCUT2D eigenvalue weighted by Crippen LogP contribution is -2.38. The molecule has 0 spiro atoms. The van der Waals surface area contributed by atoms with Crippen molar-refractivity contribution in [2.45, 2.75) is 51.4 Å². The van der Waals surface area contributed by atoms with Gasteiger partial charge in [0.1, 0.15) is 17.6 Å². The standard InChI is InChI=1S/C23H27F3N4O/c1-3-21-16(2)22(23(24,25)26)28-30(21)17-6-8-19(9-7-17)31-20-10-13-29(14-11-20)18-5-4-12-27-15-18/h4-9,12,15-16,20-21H,3,10-11,13-14H2,1-2H3/t16?,21-/m0/s1. The quantitative estimate of drug-likeness (QED) is 0.644. The lowest BCUT2D eigenvalue weighted by Gasteiger charge is -2.33. The summed E-state index contributed by atoms with van der Waals surface area (Å²) >= 11 is 0. The van der Waals surface area contributed by atoms with Crippen molar-refractivity contribution in [3.05, 3.63) is 48.8 Å². The Morgan fingerprint density at radius 3 is 2.35 bits per heavy atom. The van der Waals surface area contributed by atoms with E-state index in [1.165, 1.54) is 5.01 Å². The van der Waals surface area contributed by atoms with E-state index in [2.05, 4.69) is 21.1 Å². The molecule has 5 nitrogen and oxygen atoms in total. The fourth-order valence-corrected chi connectivity index (χ4v) is 4.41. The summed E-state index contributed by atoms with van der Waals surface area (Å²) in [6, 6.07) is 10.9. The molecule has 2 aliphatic heterocycles. The van der Waals surface area contributed by atoms with Gasteiger partial charge >= 0.3 is 6.18 Å². The Balaban J connectivity index is 1.38. The minimum atomic E-state index is -4.41. The van der Waals surface area contributed by atoms with E-state index in [-0.39, 0.29) is 12.1 Å². The number of hydrogen-bond donors (Lipinski definition) is 0. The molecule has 1 fully saturated rings. The Labute approximate surface area is 180 Å². The largest absolute Gasteiger partial charge is 0.490 e. The summed E-state index contributed by atoms with van der Waals surface area (Å²) < 4.78 is 46.0. The van der Waals surface area contributed by atoms with Crippen LogP contribution in [-0.2, 0) is 0 Å². The van der Waals surface area contributed by atoms with Crippen LogP contribution in [0.25, 0.3) is 0 Å². The van der Waals surface area contributed by atoms with Crippen LogP contribution in [0.4, 0.5) is 24.5 Å². The Hall–Kier alpha value is -2.77. The van der Waals surface area contributed by atoms with Gasteiger partial charge in [0.25, 0.3) is 0 Å². The first kappa shape index (κ1) is 21.5. The zero-order chi connectivity index (χ0) is 22.0. The molecule has 3 heterocycles. The van der Waals surface area contributed by atoms with Gasteiger partial charge < -0.3 is 9.64 Å². The molecule has 2 atom stereocenters. The van der Waals surface area contributed by atoms with Crippen molar-refractivity contribution in [2.24, 2.45) is 11.0 Å². The van der Waals surface area contributed by atoms with Crippen LogP contribution in [0.3, 0.4) is 0 Å². The highest BCUT2D eigenvalue weighted by molar-refractivity contribution is 5.95.